The zero-order valence-electron chi connectivity index (χ0n) is 19.9. The monoisotopic (exact) mass is 483 g/mol. The zero-order valence-corrected chi connectivity index (χ0v) is 20.7. The van der Waals surface area contributed by atoms with Gasteiger partial charge in [0.05, 0.1) is 11.6 Å². The second-order valence-corrected chi connectivity index (χ2v) is 10.2. The molecule has 2 saturated heterocycles. The standard InChI is InChI=1S/C26H33N3O4S/c1-19-7-8-23(20(2)17-19)34-24-6-4-3-5-22(24)28-15-13-27(14-16-28)18-33-25(30)21-9-11-29(12-10-21)26(31)32/h3-8,17,21H,9-16,18H2,1-2H3,(H,31,32). The van der Waals surface area contributed by atoms with Crippen LogP contribution in [0.15, 0.2) is 52.3 Å². The molecule has 182 valence electrons. The smallest absolute Gasteiger partial charge is 0.407 e. The van der Waals surface area contributed by atoms with E-state index in [-0.39, 0.29) is 11.9 Å². The molecule has 8 heteroatoms. The minimum atomic E-state index is -0.918. The molecule has 1 amide bonds. The van der Waals surface area contributed by atoms with Gasteiger partial charge in [-0.1, -0.05) is 41.6 Å². The molecule has 2 aromatic rings. The molecular formula is C26H33N3O4S. The number of carbonyl (C=O) groups is 2. The first-order valence-electron chi connectivity index (χ1n) is 11.9. The van der Waals surface area contributed by atoms with Gasteiger partial charge in [0, 0.05) is 49.1 Å². The summed E-state index contributed by atoms with van der Waals surface area (Å²) < 4.78 is 5.58. The molecule has 0 spiro atoms. The lowest BCUT2D eigenvalue weighted by molar-refractivity contribution is -0.155. The largest absolute Gasteiger partial charge is 0.465 e. The van der Waals surface area contributed by atoms with Gasteiger partial charge in [0.25, 0.3) is 0 Å². The van der Waals surface area contributed by atoms with Crippen molar-refractivity contribution >= 4 is 29.5 Å². The van der Waals surface area contributed by atoms with Gasteiger partial charge in [0.2, 0.25) is 0 Å². The number of rotatable bonds is 6. The molecule has 0 unspecified atom stereocenters. The number of piperazine rings is 1. The molecule has 34 heavy (non-hydrogen) atoms. The van der Waals surface area contributed by atoms with Crippen LogP contribution in [0.3, 0.4) is 0 Å². The first-order chi connectivity index (χ1) is 16.4. The van der Waals surface area contributed by atoms with Gasteiger partial charge in [-0.3, -0.25) is 9.69 Å². The lowest BCUT2D eigenvalue weighted by atomic mass is 9.97. The summed E-state index contributed by atoms with van der Waals surface area (Å²) in [5.74, 6) is -0.409. The number of hydrogen-bond acceptors (Lipinski definition) is 6. The van der Waals surface area contributed by atoms with Gasteiger partial charge in [-0.05, 0) is 50.5 Å². The Kier molecular flexibility index (Phi) is 8.00. The number of likely N-dealkylation sites (tertiary alicyclic amines) is 1. The molecule has 2 heterocycles. The molecule has 7 nitrogen and oxygen atoms in total. The van der Waals surface area contributed by atoms with Crippen LogP contribution in [-0.2, 0) is 9.53 Å². The van der Waals surface area contributed by atoms with E-state index in [1.54, 1.807) is 0 Å². The topological polar surface area (TPSA) is 73.3 Å². The van der Waals surface area contributed by atoms with Crippen molar-refractivity contribution in [1.29, 1.82) is 0 Å². The average molecular weight is 484 g/mol. The van der Waals surface area contributed by atoms with E-state index in [1.807, 2.05) is 11.8 Å². The Labute approximate surface area is 205 Å². The van der Waals surface area contributed by atoms with E-state index >= 15 is 0 Å². The van der Waals surface area contributed by atoms with Crippen LogP contribution < -0.4 is 4.90 Å². The van der Waals surface area contributed by atoms with Crippen molar-refractivity contribution in [2.24, 2.45) is 5.92 Å². The molecule has 2 aliphatic heterocycles. The lowest BCUT2D eigenvalue weighted by Gasteiger charge is -2.36. The Morgan fingerprint density at radius 3 is 2.35 bits per heavy atom. The van der Waals surface area contributed by atoms with Crippen LogP contribution in [0.25, 0.3) is 0 Å². The summed E-state index contributed by atoms with van der Waals surface area (Å²) in [7, 11) is 0. The quantitative estimate of drug-likeness (QED) is 0.608. The fraction of sp³-hybridized carbons (Fsp3) is 0.462. The molecule has 0 bridgehead atoms. The number of carbonyl (C=O) groups excluding carboxylic acids is 1. The summed E-state index contributed by atoms with van der Waals surface area (Å²) in [5.41, 5.74) is 3.81. The van der Waals surface area contributed by atoms with Gasteiger partial charge in [0.1, 0.15) is 6.73 Å². The van der Waals surface area contributed by atoms with Crippen LogP contribution in [0.2, 0.25) is 0 Å². The Hall–Kier alpha value is -2.71. The molecule has 0 aliphatic carbocycles. The van der Waals surface area contributed by atoms with Crippen molar-refractivity contribution in [1.82, 2.24) is 9.80 Å². The first-order valence-corrected chi connectivity index (χ1v) is 12.7. The van der Waals surface area contributed by atoms with E-state index < -0.39 is 6.09 Å². The Morgan fingerprint density at radius 1 is 0.971 bits per heavy atom. The summed E-state index contributed by atoms with van der Waals surface area (Å²) in [4.78, 5) is 31.9. The normalized spacial score (nSPS) is 17.6. The molecule has 0 saturated carbocycles. The van der Waals surface area contributed by atoms with Crippen LogP contribution in [-0.4, -0.2) is 73.0 Å². The molecule has 0 radical (unpaired) electrons. The molecule has 2 fully saturated rings. The molecule has 4 rings (SSSR count). The predicted octanol–water partition coefficient (Wildman–Crippen LogP) is 4.47. The van der Waals surface area contributed by atoms with Gasteiger partial charge < -0.3 is 19.6 Å². The highest BCUT2D eigenvalue weighted by molar-refractivity contribution is 7.99. The highest BCUT2D eigenvalue weighted by atomic mass is 32.2. The lowest BCUT2D eigenvalue weighted by Crippen LogP contribution is -2.48. The summed E-state index contributed by atoms with van der Waals surface area (Å²) in [6.07, 6.45) is 0.153. The van der Waals surface area contributed by atoms with Gasteiger partial charge >= 0.3 is 12.1 Å². The maximum Gasteiger partial charge on any atom is 0.407 e. The minimum Gasteiger partial charge on any atom is -0.465 e. The molecule has 2 aromatic carbocycles. The average Bonchev–Trinajstić information content (AvgIpc) is 2.85. The summed E-state index contributed by atoms with van der Waals surface area (Å²) in [5, 5.41) is 9.05. The van der Waals surface area contributed by atoms with Crippen molar-refractivity contribution in [3.63, 3.8) is 0 Å². The van der Waals surface area contributed by atoms with Crippen molar-refractivity contribution in [2.75, 3.05) is 50.9 Å². The van der Waals surface area contributed by atoms with E-state index in [0.717, 1.165) is 26.2 Å². The van der Waals surface area contributed by atoms with Crippen LogP contribution in [0.1, 0.15) is 24.0 Å². The maximum atomic E-state index is 12.4. The van der Waals surface area contributed by atoms with E-state index in [2.05, 4.69) is 66.1 Å². The zero-order chi connectivity index (χ0) is 24.1. The fourth-order valence-electron chi connectivity index (χ4n) is 4.53. The van der Waals surface area contributed by atoms with E-state index in [9.17, 15) is 9.59 Å². The van der Waals surface area contributed by atoms with Crippen LogP contribution in [0.4, 0.5) is 10.5 Å². The number of benzene rings is 2. The van der Waals surface area contributed by atoms with Gasteiger partial charge in [-0.25, -0.2) is 4.79 Å². The van der Waals surface area contributed by atoms with E-state index in [1.165, 1.54) is 31.5 Å². The molecule has 0 atom stereocenters. The van der Waals surface area contributed by atoms with Crippen LogP contribution >= 0.6 is 11.8 Å². The van der Waals surface area contributed by atoms with Crippen molar-refractivity contribution in [2.45, 2.75) is 36.5 Å². The number of esters is 1. The predicted molar refractivity (Wildman–Crippen MR) is 134 cm³/mol. The Morgan fingerprint density at radius 2 is 1.68 bits per heavy atom. The molecular weight excluding hydrogens is 450 g/mol. The highest BCUT2D eigenvalue weighted by Gasteiger charge is 2.29. The maximum absolute atomic E-state index is 12.4. The number of aryl methyl sites for hydroxylation is 2. The minimum absolute atomic E-state index is 0.203. The Bertz CT molecular complexity index is 1010. The van der Waals surface area contributed by atoms with Gasteiger partial charge in [0.15, 0.2) is 0 Å². The first kappa shape index (κ1) is 24.4. The number of hydrogen-bond donors (Lipinski definition) is 1. The summed E-state index contributed by atoms with van der Waals surface area (Å²) in [6.45, 7) is 8.77. The fourth-order valence-corrected chi connectivity index (χ4v) is 5.58. The van der Waals surface area contributed by atoms with Crippen LogP contribution in [0.5, 0.6) is 0 Å². The van der Waals surface area contributed by atoms with E-state index in [4.69, 9.17) is 9.84 Å². The number of piperidine rings is 1. The summed E-state index contributed by atoms with van der Waals surface area (Å²) in [6, 6.07) is 15.1. The molecule has 2 aliphatic rings. The number of para-hydroxylation sites is 1. The van der Waals surface area contributed by atoms with Gasteiger partial charge in [-0.2, -0.15) is 0 Å². The Balaban J connectivity index is 1.27. The molecule has 0 aromatic heterocycles. The number of carboxylic acid groups (broad SMARTS) is 1. The molecule has 1 N–H and O–H groups in total. The summed E-state index contributed by atoms with van der Waals surface area (Å²) >= 11 is 1.81. The third-order valence-corrected chi connectivity index (χ3v) is 7.86. The number of nitrogens with zero attached hydrogens (tertiary/aromatic N) is 3. The SMILES string of the molecule is Cc1ccc(Sc2ccccc2N2CCN(COC(=O)C3CCN(C(=O)O)CC3)CC2)c(C)c1. The second kappa shape index (κ2) is 11.1. The third-order valence-electron chi connectivity index (χ3n) is 6.62. The highest BCUT2D eigenvalue weighted by Crippen LogP contribution is 2.37. The second-order valence-electron chi connectivity index (χ2n) is 9.08. The number of amides is 1. The van der Waals surface area contributed by atoms with E-state index in [0.29, 0.717) is 32.7 Å². The van der Waals surface area contributed by atoms with Crippen molar-refractivity contribution < 1.29 is 19.4 Å². The van der Waals surface area contributed by atoms with Crippen LogP contribution in [0, 0.1) is 19.8 Å². The van der Waals surface area contributed by atoms with Crippen molar-refractivity contribution in [3.8, 4) is 0 Å². The third kappa shape index (κ3) is 6.04. The van der Waals surface area contributed by atoms with Crippen molar-refractivity contribution in [3.05, 3.63) is 53.6 Å². The number of anilines is 1. The van der Waals surface area contributed by atoms with Gasteiger partial charge in [-0.15, -0.1) is 0 Å². The number of ether oxygens (including phenoxy) is 1.